The molecule has 0 unspecified atom stereocenters. The first-order valence-electron chi connectivity index (χ1n) is 2.50. The van der Waals surface area contributed by atoms with Crippen LogP contribution < -0.4 is 0 Å². The van der Waals surface area contributed by atoms with Crippen LogP contribution in [0.25, 0.3) is 0 Å². The monoisotopic (exact) mass is 354 g/mol. The predicted octanol–water partition coefficient (Wildman–Crippen LogP) is 1.90. The van der Waals surface area contributed by atoms with Crippen LogP contribution in [0.3, 0.4) is 0 Å². The molecule has 10 heteroatoms. The van der Waals surface area contributed by atoms with Gasteiger partial charge >= 0.3 is 24.0 Å². The smallest absolute Gasteiger partial charge is 0.460 e. The van der Waals surface area contributed by atoms with Gasteiger partial charge in [0.05, 0.1) is 0 Å². The summed E-state index contributed by atoms with van der Waals surface area (Å²) in [6.45, 7) is 0. The molecule has 0 heterocycles. The molecule has 0 aliphatic carbocycles. The molecule has 0 aliphatic heterocycles. The van der Waals surface area contributed by atoms with Crippen molar-refractivity contribution in [1.29, 1.82) is 0 Å². The molecule has 0 aliphatic rings. The summed E-state index contributed by atoms with van der Waals surface area (Å²) in [7, 11) is 0. The van der Waals surface area contributed by atoms with Gasteiger partial charge < -0.3 is 5.11 Å². The Morgan fingerprint density at radius 2 is 1.21 bits per heavy atom. The fourth-order valence-electron chi connectivity index (χ4n) is 0.312. The normalized spacial score (nSPS) is 13.4. The Bertz CT molecular complexity index is 222. The van der Waals surface area contributed by atoms with Gasteiger partial charge in [-0.2, -0.15) is 30.7 Å². The summed E-state index contributed by atoms with van der Waals surface area (Å²) < 4.78 is 80.5. The molecule has 0 amide bonds. The van der Waals surface area contributed by atoms with Crippen LogP contribution >= 0.6 is 0 Å². The maximum absolute atomic E-state index is 11.8. The Kier molecular flexibility index (Phi) is 5.36. The predicted molar refractivity (Wildman–Crippen MR) is 23.6 cm³/mol. The van der Waals surface area contributed by atoms with Crippen molar-refractivity contribution in [1.82, 2.24) is 0 Å². The maximum atomic E-state index is 11.8. The van der Waals surface area contributed by atoms with E-state index in [1.807, 2.05) is 0 Å². The first kappa shape index (κ1) is 16.8. The van der Waals surface area contributed by atoms with E-state index in [2.05, 4.69) is 0 Å². The zero-order valence-corrected chi connectivity index (χ0v) is 9.14. The van der Waals surface area contributed by atoms with Gasteiger partial charge in [0.1, 0.15) is 0 Å². The van der Waals surface area contributed by atoms with Crippen LogP contribution in [-0.2, 0) is 4.79 Å². The van der Waals surface area contributed by atoms with E-state index < -0.39 is 24.0 Å². The standard InChI is InChI=1S/C4HF7O2.Ce/c5-2(6,1(12)13)3(7,8)4(9,10)11;/h(H,12,13);. The van der Waals surface area contributed by atoms with Gasteiger partial charge in [0.15, 0.2) is 0 Å². The molecule has 0 aromatic rings. The summed E-state index contributed by atoms with van der Waals surface area (Å²) in [5.74, 6) is -16.3. The summed E-state index contributed by atoms with van der Waals surface area (Å²) >= 11 is 0. The van der Waals surface area contributed by atoms with Crippen molar-refractivity contribution >= 4 is 5.97 Å². The van der Waals surface area contributed by atoms with Crippen molar-refractivity contribution < 1.29 is 82.4 Å². The number of rotatable bonds is 2. The number of carboxylic acid groups (broad SMARTS) is 1. The fourth-order valence-corrected chi connectivity index (χ4v) is 0.312. The second-order valence-electron chi connectivity index (χ2n) is 1.95. The number of halogens is 7. The summed E-state index contributed by atoms with van der Waals surface area (Å²) in [5.41, 5.74) is 0. The van der Waals surface area contributed by atoms with Crippen LogP contribution in [0.15, 0.2) is 0 Å². The van der Waals surface area contributed by atoms with E-state index in [9.17, 15) is 35.5 Å². The van der Waals surface area contributed by atoms with Crippen molar-refractivity contribution in [3.05, 3.63) is 0 Å². The minimum absolute atomic E-state index is 0. The Labute approximate surface area is 106 Å². The summed E-state index contributed by atoms with van der Waals surface area (Å²) in [5, 5.41) is 7.41. The third-order valence-electron chi connectivity index (χ3n) is 1.02. The van der Waals surface area contributed by atoms with Gasteiger partial charge in [-0.15, -0.1) is 0 Å². The van der Waals surface area contributed by atoms with Crippen molar-refractivity contribution in [3.8, 4) is 0 Å². The summed E-state index contributed by atoms with van der Waals surface area (Å²) in [4.78, 5) is 9.38. The summed E-state index contributed by atoms with van der Waals surface area (Å²) in [6.07, 6.45) is -6.60. The molecular weight excluding hydrogens is 353 g/mol. The van der Waals surface area contributed by atoms with Crippen molar-refractivity contribution in [2.24, 2.45) is 0 Å². The average Bonchev–Trinajstić information content (AvgIpc) is 1.84. The molecule has 1 N–H and O–H groups in total. The van der Waals surface area contributed by atoms with Gasteiger partial charge in [0.25, 0.3) is 0 Å². The molecule has 0 aromatic carbocycles. The van der Waals surface area contributed by atoms with Crippen LogP contribution in [-0.4, -0.2) is 29.1 Å². The fraction of sp³-hybridized carbons (Fsp3) is 0.750. The minimum Gasteiger partial charge on any atom is -0.477 e. The van der Waals surface area contributed by atoms with Crippen molar-refractivity contribution in [2.45, 2.75) is 18.0 Å². The number of aliphatic carboxylic acids is 1. The third-order valence-corrected chi connectivity index (χ3v) is 1.02. The molecule has 0 saturated heterocycles. The quantitative estimate of drug-likeness (QED) is 0.770. The van der Waals surface area contributed by atoms with Crippen molar-refractivity contribution in [3.63, 3.8) is 0 Å². The van der Waals surface area contributed by atoms with Gasteiger partial charge in [-0.3, -0.25) is 0 Å². The molecule has 0 bridgehead atoms. The molecule has 2 nitrogen and oxygen atoms in total. The number of carbonyl (C=O) groups is 1. The number of alkyl halides is 7. The average molecular weight is 354 g/mol. The van der Waals surface area contributed by atoms with E-state index in [1.165, 1.54) is 0 Å². The van der Waals surface area contributed by atoms with Crippen LogP contribution in [0.4, 0.5) is 30.7 Å². The largest absolute Gasteiger partial charge is 0.477 e. The van der Waals surface area contributed by atoms with E-state index >= 15 is 0 Å². The minimum atomic E-state index is -6.60. The van der Waals surface area contributed by atoms with Crippen LogP contribution in [0.2, 0.25) is 0 Å². The Morgan fingerprint density at radius 3 is 1.29 bits per heavy atom. The molecular formula is C4HCeF7O2. The Balaban J connectivity index is 0. The molecule has 82 valence electrons. The van der Waals surface area contributed by atoms with Crippen LogP contribution in [0, 0.1) is 41.7 Å². The molecule has 0 spiro atoms. The molecule has 0 radical (unpaired) electrons. The van der Waals surface area contributed by atoms with E-state index in [1.54, 1.807) is 0 Å². The number of hydrogen-bond donors (Lipinski definition) is 1. The van der Waals surface area contributed by atoms with Crippen LogP contribution in [0.5, 0.6) is 0 Å². The van der Waals surface area contributed by atoms with Gasteiger partial charge in [0.2, 0.25) is 0 Å². The topological polar surface area (TPSA) is 37.3 Å². The SMILES string of the molecule is O=C(O)C(F)(F)C(F)(F)C(F)(F)F.[Ce]. The maximum Gasteiger partial charge on any atom is 0.460 e. The zero-order valence-electron chi connectivity index (χ0n) is 6.00. The first-order valence-corrected chi connectivity index (χ1v) is 2.50. The molecule has 14 heavy (non-hydrogen) atoms. The van der Waals surface area contributed by atoms with E-state index in [0.29, 0.717) is 0 Å². The first-order chi connectivity index (χ1) is 5.44. The van der Waals surface area contributed by atoms with E-state index in [4.69, 9.17) is 5.11 Å². The third kappa shape index (κ3) is 2.69. The second kappa shape index (κ2) is 4.47. The molecule has 0 fully saturated rings. The van der Waals surface area contributed by atoms with Gasteiger partial charge in [-0.1, -0.05) is 0 Å². The molecule has 0 atom stereocenters. The summed E-state index contributed by atoms with van der Waals surface area (Å²) in [6, 6.07) is 0. The van der Waals surface area contributed by atoms with Crippen LogP contribution in [0.1, 0.15) is 0 Å². The van der Waals surface area contributed by atoms with Crippen molar-refractivity contribution in [2.75, 3.05) is 0 Å². The zero-order chi connectivity index (χ0) is 11.1. The number of hydrogen-bond acceptors (Lipinski definition) is 1. The van der Waals surface area contributed by atoms with E-state index in [0.717, 1.165) is 0 Å². The molecule has 0 saturated carbocycles. The Hall–Kier alpha value is 0.357. The second-order valence-corrected chi connectivity index (χ2v) is 1.95. The Morgan fingerprint density at radius 1 is 0.929 bits per heavy atom. The van der Waals surface area contributed by atoms with Gasteiger partial charge in [-0.05, 0) is 0 Å². The van der Waals surface area contributed by atoms with E-state index in [-0.39, 0.29) is 41.7 Å². The van der Waals surface area contributed by atoms with Gasteiger partial charge in [-0.25, -0.2) is 4.79 Å². The molecule has 0 aromatic heterocycles. The number of carboxylic acids is 1. The molecule has 0 rings (SSSR count). The van der Waals surface area contributed by atoms with Gasteiger partial charge in [0, 0.05) is 41.7 Å².